The van der Waals surface area contributed by atoms with E-state index in [2.05, 4.69) is 36.2 Å². The Labute approximate surface area is 110 Å². The first-order valence-electron chi connectivity index (χ1n) is 6.77. The quantitative estimate of drug-likeness (QED) is 0.561. The van der Waals surface area contributed by atoms with Crippen molar-refractivity contribution in [1.29, 1.82) is 0 Å². The summed E-state index contributed by atoms with van der Waals surface area (Å²) >= 11 is 0. The van der Waals surface area contributed by atoms with Crippen molar-refractivity contribution in [2.45, 2.75) is 32.2 Å². The summed E-state index contributed by atoms with van der Waals surface area (Å²) in [5.41, 5.74) is 3.92. The van der Waals surface area contributed by atoms with E-state index in [1.165, 1.54) is 24.0 Å². The molecule has 2 heteroatoms. The average molecular weight is 245 g/mol. The minimum Gasteiger partial charge on any atom is -0.376 e. The van der Waals surface area contributed by atoms with Gasteiger partial charge < -0.3 is 10.1 Å². The van der Waals surface area contributed by atoms with E-state index in [9.17, 15) is 0 Å². The van der Waals surface area contributed by atoms with Crippen LogP contribution in [0.5, 0.6) is 0 Å². The van der Waals surface area contributed by atoms with Gasteiger partial charge in [0.25, 0.3) is 0 Å². The molecule has 0 radical (unpaired) electrons. The number of hydrogen-bond acceptors (Lipinski definition) is 2. The lowest BCUT2D eigenvalue weighted by molar-refractivity contribution is 0.158. The van der Waals surface area contributed by atoms with Gasteiger partial charge in [-0.15, -0.1) is 0 Å². The molecule has 0 atom stereocenters. The van der Waals surface area contributed by atoms with Gasteiger partial charge in [0.15, 0.2) is 0 Å². The fraction of sp³-hybridized carbons (Fsp3) is 0.500. The van der Waals surface area contributed by atoms with Crippen LogP contribution in [-0.2, 0) is 11.3 Å². The van der Waals surface area contributed by atoms with Crippen LogP contribution in [0.2, 0.25) is 0 Å². The van der Waals surface area contributed by atoms with Gasteiger partial charge in [-0.05, 0) is 36.8 Å². The number of hydrogen-bond donors (Lipinski definition) is 1. The standard InChI is InChI=1S/C16H23NO/c1-13(2)12-18-10-9-17-11-14-3-5-15(6-4-14)16-7-8-16/h3-6,16-17H,1,7-12H2,2H3. The third kappa shape index (κ3) is 4.63. The summed E-state index contributed by atoms with van der Waals surface area (Å²) in [6, 6.07) is 9.00. The predicted octanol–water partition coefficient (Wildman–Crippen LogP) is 3.25. The van der Waals surface area contributed by atoms with Crippen molar-refractivity contribution in [3.05, 3.63) is 47.5 Å². The second kappa shape index (κ2) is 6.72. The number of ether oxygens (including phenoxy) is 1. The van der Waals surface area contributed by atoms with Crippen LogP contribution < -0.4 is 5.32 Å². The summed E-state index contributed by atoms with van der Waals surface area (Å²) in [5.74, 6) is 0.850. The Morgan fingerprint density at radius 2 is 2.06 bits per heavy atom. The molecule has 0 amide bonds. The van der Waals surface area contributed by atoms with Gasteiger partial charge in [0.1, 0.15) is 0 Å². The number of nitrogens with one attached hydrogen (secondary N) is 1. The zero-order valence-corrected chi connectivity index (χ0v) is 11.2. The van der Waals surface area contributed by atoms with Gasteiger partial charge in [0.2, 0.25) is 0 Å². The second-order valence-corrected chi connectivity index (χ2v) is 5.20. The highest BCUT2D eigenvalue weighted by Gasteiger charge is 2.22. The maximum Gasteiger partial charge on any atom is 0.0672 e. The molecule has 0 saturated heterocycles. The molecular weight excluding hydrogens is 222 g/mol. The Balaban J connectivity index is 1.59. The van der Waals surface area contributed by atoms with Gasteiger partial charge in [0, 0.05) is 13.1 Å². The van der Waals surface area contributed by atoms with Crippen LogP contribution in [-0.4, -0.2) is 19.8 Å². The molecule has 1 aliphatic rings. The Bertz CT molecular complexity index is 379. The molecule has 0 unspecified atom stereocenters. The van der Waals surface area contributed by atoms with Gasteiger partial charge in [0.05, 0.1) is 13.2 Å². The fourth-order valence-corrected chi connectivity index (χ4v) is 1.95. The maximum atomic E-state index is 5.43. The van der Waals surface area contributed by atoms with Crippen LogP contribution in [0, 0.1) is 0 Å². The normalized spacial score (nSPS) is 14.7. The lowest BCUT2D eigenvalue weighted by Crippen LogP contribution is -2.19. The second-order valence-electron chi connectivity index (χ2n) is 5.20. The van der Waals surface area contributed by atoms with Gasteiger partial charge in [-0.25, -0.2) is 0 Å². The summed E-state index contributed by atoms with van der Waals surface area (Å²) in [7, 11) is 0. The van der Waals surface area contributed by atoms with E-state index in [0.29, 0.717) is 6.61 Å². The monoisotopic (exact) mass is 245 g/mol. The molecule has 1 N–H and O–H groups in total. The molecule has 0 aromatic heterocycles. The summed E-state index contributed by atoms with van der Waals surface area (Å²) in [6.45, 7) is 9.00. The van der Waals surface area contributed by atoms with Gasteiger partial charge in [-0.2, -0.15) is 0 Å². The van der Waals surface area contributed by atoms with E-state index < -0.39 is 0 Å². The largest absolute Gasteiger partial charge is 0.376 e. The van der Waals surface area contributed by atoms with Crippen molar-refractivity contribution < 1.29 is 4.74 Å². The molecular formula is C16H23NO. The van der Waals surface area contributed by atoms with Crippen LogP contribution >= 0.6 is 0 Å². The van der Waals surface area contributed by atoms with Crippen molar-refractivity contribution in [1.82, 2.24) is 5.32 Å². The first kappa shape index (κ1) is 13.3. The zero-order chi connectivity index (χ0) is 12.8. The minimum absolute atomic E-state index is 0.664. The van der Waals surface area contributed by atoms with E-state index in [1.807, 2.05) is 6.92 Å². The summed E-state index contributed by atoms with van der Waals surface area (Å²) in [6.07, 6.45) is 2.75. The third-order valence-electron chi connectivity index (χ3n) is 3.13. The summed E-state index contributed by atoms with van der Waals surface area (Å²) in [4.78, 5) is 0. The Kier molecular flexibility index (Phi) is 4.97. The fourth-order valence-electron chi connectivity index (χ4n) is 1.95. The molecule has 0 heterocycles. The first-order chi connectivity index (χ1) is 8.75. The molecule has 2 rings (SSSR count). The molecule has 0 bridgehead atoms. The van der Waals surface area contributed by atoms with E-state index in [0.717, 1.165) is 31.2 Å². The molecule has 98 valence electrons. The summed E-state index contributed by atoms with van der Waals surface area (Å²) in [5, 5.41) is 3.39. The molecule has 1 saturated carbocycles. The molecule has 18 heavy (non-hydrogen) atoms. The highest BCUT2D eigenvalue weighted by molar-refractivity contribution is 5.27. The topological polar surface area (TPSA) is 21.3 Å². The molecule has 1 fully saturated rings. The maximum absolute atomic E-state index is 5.43. The SMILES string of the molecule is C=C(C)COCCNCc1ccc(C2CC2)cc1. The molecule has 0 spiro atoms. The van der Waals surface area contributed by atoms with Gasteiger partial charge >= 0.3 is 0 Å². The van der Waals surface area contributed by atoms with Crippen LogP contribution in [0.1, 0.15) is 36.8 Å². The van der Waals surface area contributed by atoms with Crippen molar-refractivity contribution in [3.63, 3.8) is 0 Å². The van der Waals surface area contributed by atoms with E-state index >= 15 is 0 Å². The lowest BCUT2D eigenvalue weighted by Gasteiger charge is -2.07. The van der Waals surface area contributed by atoms with E-state index in [4.69, 9.17) is 4.74 Å². The first-order valence-corrected chi connectivity index (χ1v) is 6.77. The lowest BCUT2D eigenvalue weighted by atomic mass is 10.1. The van der Waals surface area contributed by atoms with Crippen LogP contribution in [0.4, 0.5) is 0 Å². The summed E-state index contributed by atoms with van der Waals surface area (Å²) < 4.78 is 5.43. The number of rotatable bonds is 8. The van der Waals surface area contributed by atoms with Crippen molar-refractivity contribution >= 4 is 0 Å². The van der Waals surface area contributed by atoms with Crippen LogP contribution in [0.15, 0.2) is 36.4 Å². The predicted molar refractivity (Wildman–Crippen MR) is 75.8 cm³/mol. The van der Waals surface area contributed by atoms with Crippen LogP contribution in [0.3, 0.4) is 0 Å². The van der Waals surface area contributed by atoms with Crippen molar-refractivity contribution in [3.8, 4) is 0 Å². The number of benzene rings is 1. The van der Waals surface area contributed by atoms with Crippen molar-refractivity contribution in [2.75, 3.05) is 19.8 Å². The highest BCUT2D eigenvalue weighted by Crippen LogP contribution is 2.39. The Morgan fingerprint density at radius 3 is 2.67 bits per heavy atom. The molecule has 0 aliphatic heterocycles. The molecule has 2 nitrogen and oxygen atoms in total. The molecule has 1 aliphatic carbocycles. The van der Waals surface area contributed by atoms with Gasteiger partial charge in [-0.3, -0.25) is 0 Å². The zero-order valence-electron chi connectivity index (χ0n) is 11.2. The smallest absolute Gasteiger partial charge is 0.0672 e. The van der Waals surface area contributed by atoms with E-state index in [-0.39, 0.29) is 0 Å². The Hall–Kier alpha value is -1.12. The minimum atomic E-state index is 0.664. The van der Waals surface area contributed by atoms with E-state index in [1.54, 1.807) is 0 Å². The van der Waals surface area contributed by atoms with Gasteiger partial charge in [-0.1, -0.05) is 36.4 Å². The Morgan fingerprint density at radius 1 is 1.33 bits per heavy atom. The average Bonchev–Trinajstić information content (AvgIpc) is 3.18. The third-order valence-corrected chi connectivity index (χ3v) is 3.13. The molecule has 1 aromatic carbocycles. The van der Waals surface area contributed by atoms with Crippen LogP contribution in [0.25, 0.3) is 0 Å². The highest BCUT2D eigenvalue weighted by atomic mass is 16.5. The molecule has 1 aromatic rings. The van der Waals surface area contributed by atoms with Crippen molar-refractivity contribution in [2.24, 2.45) is 0 Å².